The number of benzene rings is 1. The lowest BCUT2D eigenvalue weighted by Crippen LogP contribution is -2.16. The summed E-state index contributed by atoms with van der Waals surface area (Å²) in [4.78, 5) is 5.81. The molecule has 1 unspecified atom stereocenters. The number of anilines is 1. The highest BCUT2D eigenvalue weighted by Gasteiger charge is 2.27. The van der Waals surface area contributed by atoms with E-state index in [-0.39, 0.29) is 6.23 Å². The van der Waals surface area contributed by atoms with Crippen LogP contribution in [0.4, 0.5) is 5.69 Å². The Morgan fingerprint density at radius 2 is 2.12 bits per heavy atom. The average molecular weight is 385 g/mol. The van der Waals surface area contributed by atoms with Crippen LogP contribution in [0.5, 0.6) is 5.88 Å². The van der Waals surface area contributed by atoms with Gasteiger partial charge in [-0.15, -0.1) is 21.5 Å². The van der Waals surface area contributed by atoms with Crippen molar-refractivity contribution in [2.75, 3.05) is 11.1 Å². The summed E-state index contributed by atoms with van der Waals surface area (Å²) in [6.45, 7) is 4.27. The normalized spacial score (nSPS) is 15.4. The predicted octanol–water partition coefficient (Wildman–Crippen LogP) is 5.30. The van der Waals surface area contributed by atoms with Gasteiger partial charge in [-0.25, -0.2) is 0 Å². The first-order valence-corrected chi connectivity index (χ1v) is 10.6. The Labute approximate surface area is 161 Å². The van der Waals surface area contributed by atoms with Gasteiger partial charge in [-0.3, -0.25) is 0 Å². The van der Waals surface area contributed by atoms with Crippen LogP contribution in [0.1, 0.15) is 36.4 Å². The summed E-state index contributed by atoms with van der Waals surface area (Å²) in [5.74, 6) is 1.52. The number of hydrogen-bond acceptors (Lipinski definition) is 7. The molecule has 0 radical (unpaired) electrons. The quantitative estimate of drug-likeness (QED) is 0.475. The number of ether oxygens (including phenoxy) is 1. The predicted molar refractivity (Wildman–Crippen MR) is 107 cm³/mol. The molecule has 5 nitrogen and oxygen atoms in total. The summed E-state index contributed by atoms with van der Waals surface area (Å²) < 4.78 is 6.28. The third kappa shape index (κ3) is 3.41. The van der Waals surface area contributed by atoms with Crippen molar-refractivity contribution in [2.45, 2.75) is 38.1 Å². The van der Waals surface area contributed by atoms with Crippen molar-refractivity contribution in [3.63, 3.8) is 0 Å². The molecule has 0 aliphatic carbocycles. The highest BCUT2D eigenvalue weighted by Crippen LogP contribution is 2.40. The number of aromatic nitrogens is 3. The standard InChI is InChI=1S/C19H20N4OS2/c1-3-4-10-26-19-21-17-15(22-23-19)13-7-5-6-8-14(13)20-18(24-17)16-12(2)9-11-25-16/h5-9,11,18,20H,3-4,10H2,1-2H3. The van der Waals surface area contributed by atoms with E-state index in [4.69, 9.17) is 4.74 Å². The Kier molecular flexibility index (Phi) is 5.08. The van der Waals surface area contributed by atoms with Gasteiger partial charge < -0.3 is 10.1 Å². The van der Waals surface area contributed by atoms with Crippen LogP contribution in [-0.4, -0.2) is 20.9 Å². The first-order chi connectivity index (χ1) is 12.8. The van der Waals surface area contributed by atoms with Crippen molar-refractivity contribution in [3.8, 4) is 17.1 Å². The zero-order valence-corrected chi connectivity index (χ0v) is 16.4. The lowest BCUT2D eigenvalue weighted by molar-refractivity contribution is 0.228. The van der Waals surface area contributed by atoms with Gasteiger partial charge in [-0.2, -0.15) is 4.98 Å². The Balaban J connectivity index is 1.75. The topological polar surface area (TPSA) is 59.9 Å². The molecule has 0 saturated heterocycles. The van der Waals surface area contributed by atoms with E-state index in [1.54, 1.807) is 23.1 Å². The molecule has 134 valence electrons. The molecule has 26 heavy (non-hydrogen) atoms. The van der Waals surface area contributed by atoms with Crippen molar-refractivity contribution >= 4 is 28.8 Å². The molecule has 2 aromatic heterocycles. The molecule has 1 N–H and O–H groups in total. The van der Waals surface area contributed by atoms with Crippen LogP contribution in [0.2, 0.25) is 0 Å². The molecular weight excluding hydrogens is 364 g/mol. The van der Waals surface area contributed by atoms with E-state index in [0.717, 1.165) is 34.7 Å². The third-order valence-corrected chi connectivity index (χ3v) is 6.19. The minimum atomic E-state index is -0.289. The van der Waals surface area contributed by atoms with E-state index < -0.39 is 0 Å². The molecule has 1 aliphatic heterocycles. The maximum Gasteiger partial charge on any atom is 0.247 e. The molecule has 4 rings (SSSR count). The zero-order chi connectivity index (χ0) is 17.9. The second-order valence-electron chi connectivity index (χ2n) is 6.11. The maximum absolute atomic E-state index is 6.28. The fourth-order valence-corrected chi connectivity index (χ4v) is 4.55. The lowest BCUT2D eigenvalue weighted by atomic mass is 10.1. The number of para-hydroxylation sites is 1. The van der Waals surface area contributed by atoms with Gasteiger partial charge in [0.25, 0.3) is 0 Å². The number of nitrogens with one attached hydrogen (secondary N) is 1. The number of thiophene rings is 1. The van der Waals surface area contributed by atoms with E-state index in [9.17, 15) is 0 Å². The number of aryl methyl sites for hydroxylation is 1. The molecule has 1 atom stereocenters. The number of fused-ring (bicyclic) bond motifs is 3. The van der Waals surface area contributed by atoms with Gasteiger partial charge >= 0.3 is 0 Å². The lowest BCUT2D eigenvalue weighted by Gasteiger charge is -2.18. The Morgan fingerprint density at radius 3 is 2.92 bits per heavy atom. The van der Waals surface area contributed by atoms with E-state index in [0.29, 0.717) is 16.7 Å². The minimum absolute atomic E-state index is 0.289. The molecule has 3 aromatic rings. The minimum Gasteiger partial charge on any atom is -0.447 e. The van der Waals surface area contributed by atoms with Crippen molar-refractivity contribution < 1.29 is 4.74 Å². The highest BCUT2D eigenvalue weighted by molar-refractivity contribution is 7.99. The molecule has 3 heterocycles. The van der Waals surface area contributed by atoms with E-state index in [2.05, 4.69) is 45.8 Å². The van der Waals surface area contributed by atoms with Crippen LogP contribution in [-0.2, 0) is 0 Å². The van der Waals surface area contributed by atoms with Crippen molar-refractivity contribution in [3.05, 3.63) is 46.2 Å². The van der Waals surface area contributed by atoms with Crippen LogP contribution in [0.15, 0.2) is 40.9 Å². The summed E-state index contributed by atoms with van der Waals surface area (Å²) in [6, 6.07) is 10.2. The van der Waals surface area contributed by atoms with Crippen LogP contribution >= 0.6 is 23.1 Å². The Morgan fingerprint density at radius 1 is 1.23 bits per heavy atom. The molecule has 0 bridgehead atoms. The van der Waals surface area contributed by atoms with Crippen LogP contribution in [0.3, 0.4) is 0 Å². The number of nitrogens with zero attached hydrogens (tertiary/aromatic N) is 3. The van der Waals surface area contributed by atoms with Gasteiger partial charge in [-0.05, 0) is 36.4 Å². The fourth-order valence-electron chi connectivity index (χ4n) is 2.79. The van der Waals surface area contributed by atoms with Gasteiger partial charge in [0, 0.05) is 17.0 Å². The number of thioether (sulfide) groups is 1. The summed E-state index contributed by atoms with van der Waals surface area (Å²) in [6.07, 6.45) is 1.99. The summed E-state index contributed by atoms with van der Waals surface area (Å²) in [5, 5.41) is 15.0. The Hall–Kier alpha value is -2.12. The van der Waals surface area contributed by atoms with Crippen molar-refractivity contribution in [1.82, 2.24) is 15.2 Å². The second kappa shape index (κ2) is 7.63. The smallest absolute Gasteiger partial charge is 0.247 e. The molecule has 0 amide bonds. The largest absolute Gasteiger partial charge is 0.447 e. The monoisotopic (exact) mass is 384 g/mol. The van der Waals surface area contributed by atoms with Crippen molar-refractivity contribution in [2.24, 2.45) is 0 Å². The molecule has 7 heteroatoms. The van der Waals surface area contributed by atoms with Crippen molar-refractivity contribution in [1.29, 1.82) is 0 Å². The molecule has 1 aromatic carbocycles. The summed E-state index contributed by atoms with van der Waals surface area (Å²) >= 11 is 3.30. The van der Waals surface area contributed by atoms with Crippen LogP contribution < -0.4 is 10.1 Å². The number of hydrogen-bond donors (Lipinski definition) is 1. The van der Waals surface area contributed by atoms with Gasteiger partial charge in [0.1, 0.15) is 0 Å². The van der Waals surface area contributed by atoms with E-state index in [1.807, 2.05) is 24.3 Å². The summed E-state index contributed by atoms with van der Waals surface area (Å²) in [5.41, 5.74) is 3.83. The SMILES string of the molecule is CCCCSc1nnc2c(n1)OC(c1sccc1C)Nc1ccccc1-2. The number of rotatable bonds is 5. The first kappa shape index (κ1) is 17.3. The van der Waals surface area contributed by atoms with Crippen LogP contribution in [0.25, 0.3) is 11.3 Å². The third-order valence-electron chi connectivity index (χ3n) is 4.20. The average Bonchev–Trinajstić information content (AvgIpc) is 3.01. The highest BCUT2D eigenvalue weighted by atomic mass is 32.2. The van der Waals surface area contributed by atoms with E-state index in [1.165, 1.54) is 5.56 Å². The zero-order valence-electron chi connectivity index (χ0n) is 14.7. The molecule has 1 aliphatic rings. The molecule has 0 fully saturated rings. The van der Waals surface area contributed by atoms with Gasteiger partial charge in [0.05, 0.1) is 4.88 Å². The second-order valence-corrected chi connectivity index (χ2v) is 8.12. The number of unbranched alkanes of at least 4 members (excludes halogenated alkanes) is 1. The Bertz CT molecular complexity index is 912. The van der Waals surface area contributed by atoms with Gasteiger partial charge in [-0.1, -0.05) is 43.3 Å². The van der Waals surface area contributed by atoms with E-state index >= 15 is 0 Å². The maximum atomic E-state index is 6.28. The first-order valence-electron chi connectivity index (χ1n) is 8.70. The van der Waals surface area contributed by atoms with Crippen LogP contribution in [0, 0.1) is 6.92 Å². The summed E-state index contributed by atoms with van der Waals surface area (Å²) in [7, 11) is 0. The molecular formula is C19H20N4OS2. The fraction of sp³-hybridized carbons (Fsp3) is 0.316. The molecule has 0 spiro atoms. The van der Waals surface area contributed by atoms with Gasteiger partial charge in [0.2, 0.25) is 17.3 Å². The van der Waals surface area contributed by atoms with Gasteiger partial charge in [0.15, 0.2) is 5.69 Å². The molecule has 0 saturated carbocycles.